The molecular weight excluding hydrogens is 310 g/mol. The highest BCUT2D eigenvalue weighted by molar-refractivity contribution is 5.92. The van der Waals surface area contributed by atoms with Gasteiger partial charge in [0, 0.05) is 32.0 Å². The Kier molecular flexibility index (Phi) is 6.21. The first-order valence-corrected chi connectivity index (χ1v) is 7.34. The van der Waals surface area contributed by atoms with Gasteiger partial charge < -0.3 is 20.7 Å². The maximum atomic E-state index is 11.8. The van der Waals surface area contributed by atoms with Crippen LogP contribution in [0.4, 0.5) is 17.2 Å². The third kappa shape index (κ3) is 5.33. The molecule has 2 aromatic rings. The van der Waals surface area contributed by atoms with Gasteiger partial charge >= 0.3 is 0 Å². The molecule has 1 aromatic heterocycles. The highest BCUT2D eigenvalue weighted by Crippen LogP contribution is 2.18. The van der Waals surface area contributed by atoms with Gasteiger partial charge in [-0.3, -0.25) is 9.59 Å². The second-order valence-electron chi connectivity index (χ2n) is 4.94. The van der Waals surface area contributed by atoms with E-state index in [1.807, 2.05) is 6.07 Å². The second-order valence-corrected chi connectivity index (χ2v) is 4.94. The molecule has 0 saturated carbocycles. The molecule has 8 heteroatoms. The van der Waals surface area contributed by atoms with Gasteiger partial charge in [-0.05, 0) is 30.3 Å². The van der Waals surface area contributed by atoms with Crippen LogP contribution in [0.3, 0.4) is 0 Å². The van der Waals surface area contributed by atoms with Crippen LogP contribution in [0.5, 0.6) is 0 Å². The second kappa shape index (κ2) is 8.59. The number of hydrogen-bond acceptors (Lipinski definition) is 6. The monoisotopic (exact) mass is 329 g/mol. The van der Waals surface area contributed by atoms with Crippen LogP contribution >= 0.6 is 0 Å². The zero-order chi connectivity index (χ0) is 17.4. The van der Waals surface area contributed by atoms with Gasteiger partial charge in [-0.2, -0.15) is 0 Å². The molecule has 126 valence electrons. The fraction of sp³-hybridized carbons (Fsp3) is 0.250. The number of carbonyl (C=O) groups is 2. The third-order valence-corrected chi connectivity index (χ3v) is 2.94. The highest BCUT2D eigenvalue weighted by Gasteiger charge is 2.07. The number of aromatic nitrogens is 2. The van der Waals surface area contributed by atoms with Crippen molar-refractivity contribution in [2.75, 3.05) is 30.9 Å². The van der Waals surface area contributed by atoms with Crippen LogP contribution in [0.1, 0.15) is 17.4 Å². The molecule has 0 fully saturated rings. The lowest BCUT2D eigenvalue weighted by Gasteiger charge is -2.08. The number of nitrogens with one attached hydrogen (secondary N) is 3. The van der Waals surface area contributed by atoms with E-state index in [-0.39, 0.29) is 17.5 Å². The number of rotatable bonds is 7. The Bertz CT molecular complexity index is 703. The van der Waals surface area contributed by atoms with E-state index < -0.39 is 0 Å². The van der Waals surface area contributed by atoms with Crippen molar-refractivity contribution in [3.05, 3.63) is 42.1 Å². The Morgan fingerprint density at radius 3 is 2.58 bits per heavy atom. The molecule has 24 heavy (non-hydrogen) atoms. The molecule has 0 radical (unpaired) electrons. The van der Waals surface area contributed by atoms with Crippen LogP contribution in [0.25, 0.3) is 0 Å². The zero-order valence-electron chi connectivity index (χ0n) is 13.5. The summed E-state index contributed by atoms with van der Waals surface area (Å²) in [4.78, 5) is 22.9. The van der Waals surface area contributed by atoms with Gasteiger partial charge in [-0.1, -0.05) is 6.07 Å². The summed E-state index contributed by atoms with van der Waals surface area (Å²) in [6.07, 6.45) is 0. The first-order valence-electron chi connectivity index (χ1n) is 7.34. The quantitative estimate of drug-likeness (QED) is 0.666. The lowest BCUT2D eigenvalue weighted by Crippen LogP contribution is -2.27. The van der Waals surface area contributed by atoms with Crippen molar-refractivity contribution in [1.82, 2.24) is 15.5 Å². The van der Waals surface area contributed by atoms with E-state index in [0.717, 1.165) is 5.69 Å². The number of hydrogen-bond donors (Lipinski definition) is 3. The Balaban J connectivity index is 1.98. The Morgan fingerprint density at radius 2 is 1.92 bits per heavy atom. The number of ether oxygens (including phenoxy) is 1. The maximum absolute atomic E-state index is 11.8. The molecular formula is C16H19N5O3. The molecule has 1 aromatic carbocycles. The molecule has 0 aliphatic rings. The number of amides is 2. The topological polar surface area (TPSA) is 105 Å². The predicted molar refractivity (Wildman–Crippen MR) is 90.3 cm³/mol. The van der Waals surface area contributed by atoms with Crippen LogP contribution in [-0.2, 0) is 9.53 Å². The number of carbonyl (C=O) groups excluding carboxylic acids is 2. The summed E-state index contributed by atoms with van der Waals surface area (Å²) in [5, 5.41) is 16.3. The molecule has 0 aliphatic heterocycles. The fourth-order valence-corrected chi connectivity index (χ4v) is 1.90. The first-order chi connectivity index (χ1) is 11.6. The largest absolute Gasteiger partial charge is 0.383 e. The van der Waals surface area contributed by atoms with E-state index in [2.05, 4.69) is 26.1 Å². The highest BCUT2D eigenvalue weighted by atomic mass is 16.5. The van der Waals surface area contributed by atoms with E-state index in [0.29, 0.717) is 24.7 Å². The lowest BCUT2D eigenvalue weighted by atomic mass is 10.2. The van der Waals surface area contributed by atoms with Crippen LogP contribution in [0.15, 0.2) is 36.4 Å². The van der Waals surface area contributed by atoms with Crippen molar-refractivity contribution in [1.29, 1.82) is 0 Å². The standard InChI is InChI=1S/C16H19N5O3/c1-11(22)18-12-4-3-5-13(10-12)19-15-7-6-14(20-21-15)16(23)17-8-9-24-2/h3-7,10H,8-9H2,1-2H3,(H,17,23)(H,18,22)(H,19,21). The Hall–Kier alpha value is -3.00. The molecule has 2 amide bonds. The summed E-state index contributed by atoms with van der Waals surface area (Å²) in [7, 11) is 1.56. The minimum Gasteiger partial charge on any atom is -0.383 e. The third-order valence-electron chi connectivity index (χ3n) is 2.94. The van der Waals surface area contributed by atoms with Crippen molar-refractivity contribution in [3.8, 4) is 0 Å². The summed E-state index contributed by atoms with van der Waals surface area (Å²) in [5.74, 6) is 0.0398. The predicted octanol–water partition coefficient (Wildman–Crippen LogP) is 1.55. The average Bonchev–Trinajstić information content (AvgIpc) is 2.55. The normalized spacial score (nSPS) is 10.1. The van der Waals surface area contributed by atoms with Gasteiger partial charge in [0.1, 0.15) is 0 Å². The number of anilines is 3. The summed E-state index contributed by atoms with van der Waals surface area (Å²) in [5.41, 5.74) is 1.64. The van der Waals surface area contributed by atoms with Crippen LogP contribution in [-0.4, -0.2) is 42.3 Å². The molecule has 0 atom stereocenters. The fourth-order valence-electron chi connectivity index (χ4n) is 1.90. The van der Waals surface area contributed by atoms with E-state index in [1.54, 1.807) is 37.4 Å². The minimum atomic E-state index is -0.307. The molecule has 2 rings (SSSR count). The molecule has 8 nitrogen and oxygen atoms in total. The Morgan fingerprint density at radius 1 is 1.12 bits per heavy atom. The number of benzene rings is 1. The summed E-state index contributed by atoms with van der Waals surface area (Å²) in [6.45, 7) is 2.29. The molecule has 0 unspecified atom stereocenters. The van der Waals surface area contributed by atoms with Gasteiger partial charge in [0.2, 0.25) is 5.91 Å². The SMILES string of the molecule is COCCNC(=O)c1ccc(Nc2cccc(NC(C)=O)c2)nn1. The van der Waals surface area contributed by atoms with Crippen molar-refractivity contribution >= 4 is 29.0 Å². The Labute approximate surface area is 139 Å². The van der Waals surface area contributed by atoms with E-state index >= 15 is 0 Å². The summed E-state index contributed by atoms with van der Waals surface area (Å²) < 4.78 is 4.86. The van der Waals surface area contributed by atoms with E-state index in [1.165, 1.54) is 6.92 Å². The molecule has 0 spiro atoms. The van der Waals surface area contributed by atoms with Crippen molar-refractivity contribution in [2.24, 2.45) is 0 Å². The summed E-state index contributed by atoms with van der Waals surface area (Å²) in [6, 6.07) is 10.4. The van der Waals surface area contributed by atoms with Crippen molar-refractivity contribution in [3.63, 3.8) is 0 Å². The van der Waals surface area contributed by atoms with Crippen molar-refractivity contribution < 1.29 is 14.3 Å². The smallest absolute Gasteiger partial charge is 0.271 e. The van der Waals surface area contributed by atoms with Gasteiger partial charge in [0.15, 0.2) is 11.5 Å². The average molecular weight is 329 g/mol. The van der Waals surface area contributed by atoms with Crippen LogP contribution in [0.2, 0.25) is 0 Å². The van der Waals surface area contributed by atoms with Crippen LogP contribution in [0, 0.1) is 0 Å². The van der Waals surface area contributed by atoms with Crippen molar-refractivity contribution in [2.45, 2.75) is 6.92 Å². The van der Waals surface area contributed by atoms with Gasteiger partial charge in [-0.25, -0.2) is 0 Å². The maximum Gasteiger partial charge on any atom is 0.271 e. The minimum absolute atomic E-state index is 0.143. The summed E-state index contributed by atoms with van der Waals surface area (Å²) >= 11 is 0. The van der Waals surface area contributed by atoms with Gasteiger partial charge in [0.05, 0.1) is 6.61 Å². The zero-order valence-corrected chi connectivity index (χ0v) is 13.5. The molecule has 0 bridgehead atoms. The first kappa shape index (κ1) is 17.4. The van der Waals surface area contributed by atoms with Crippen LogP contribution < -0.4 is 16.0 Å². The molecule has 0 saturated heterocycles. The van der Waals surface area contributed by atoms with E-state index in [9.17, 15) is 9.59 Å². The van der Waals surface area contributed by atoms with E-state index in [4.69, 9.17) is 4.74 Å². The van der Waals surface area contributed by atoms with Gasteiger partial charge in [0.25, 0.3) is 5.91 Å². The lowest BCUT2D eigenvalue weighted by molar-refractivity contribution is -0.114. The van der Waals surface area contributed by atoms with Gasteiger partial charge in [-0.15, -0.1) is 10.2 Å². The molecule has 0 aliphatic carbocycles. The molecule has 3 N–H and O–H groups in total. The number of methoxy groups -OCH3 is 1. The molecule has 1 heterocycles. The number of nitrogens with zero attached hydrogens (tertiary/aromatic N) is 2.